The third-order valence-electron chi connectivity index (χ3n) is 4.93. The quantitative estimate of drug-likeness (QED) is 0.739. The van der Waals surface area contributed by atoms with Gasteiger partial charge in [-0.1, -0.05) is 30.3 Å². The maximum Gasteiger partial charge on any atom is 0.253 e. The summed E-state index contributed by atoms with van der Waals surface area (Å²) >= 11 is 0. The van der Waals surface area contributed by atoms with Gasteiger partial charge in [-0.2, -0.15) is 0 Å². The molecule has 0 bridgehead atoms. The Balaban J connectivity index is 1.40. The standard InChI is InChI=1S/C20H22N4O/c1-22-18-10-6-5-9-17(18)21-19(22)15-23-11-13-24(14-12-23)20(25)16-7-3-2-4-8-16/h2-10H,11-15H2,1H3. The molecule has 4 rings (SSSR count). The van der Waals surface area contributed by atoms with Gasteiger partial charge in [0.05, 0.1) is 17.6 Å². The van der Waals surface area contributed by atoms with E-state index in [0.717, 1.165) is 55.1 Å². The lowest BCUT2D eigenvalue weighted by molar-refractivity contribution is 0.0624. The Morgan fingerprint density at radius 1 is 0.960 bits per heavy atom. The molecule has 5 nitrogen and oxygen atoms in total. The number of aryl methyl sites for hydroxylation is 1. The minimum absolute atomic E-state index is 0.128. The highest BCUT2D eigenvalue weighted by molar-refractivity contribution is 5.94. The predicted octanol–water partition coefficient (Wildman–Crippen LogP) is 2.53. The minimum atomic E-state index is 0.128. The molecule has 1 aliphatic rings. The number of hydrogen-bond donors (Lipinski definition) is 0. The van der Waals surface area contributed by atoms with Crippen molar-refractivity contribution in [1.29, 1.82) is 0 Å². The monoisotopic (exact) mass is 334 g/mol. The van der Waals surface area contributed by atoms with Gasteiger partial charge in [0.15, 0.2) is 0 Å². The highest BCUT2D eigenvalue weighted by Crippen LogP contribution is 2.17. The molecule has 0 unspecified atom stereocenters. The number of fused-ring (bicyclic) bond motifs is 1. The van der Waals surface area contributed by atoms with Crippen molar-refractivity contribution in [3.63, 3.8) is 0 Å². The zero-order valence-electron chi connectivity index (χ0n) is 14.4. The summed E-state index contributed by atoms with van der Waals surface area (Å²) in [4.78, 5) is 21.6. The Morgan fingerprint density at radius 2 is 1.64 bits per heavy atom. The van der Waals surface area contributed by atoms with Crippen LogP contribution in [-0.2, 0) is 13.6 Å². The van der Waals surface area contributed by atoms with Gasteiger partial charge in [0.2, 0.25) is 0 Å². The van der Waals surface area contributed by atoms with Gasteiger partial charge < -0.3 is 9.47 Å². The molecule has 0 N–H and O–H groups in total. The van der Waals surface area contributed by atoms with Crippen LogP contribution in [0.25, 0.3) is 11.0 Å². The van der Waals surface area contributed by atoms with Crippen LogP contribution in [0.15, 0.2) is 54.6 Å². The summed E-state index contributed by atoms with van der Waals surface area (Å²) in [5.41, 5.74) is 2.97. The molecular weight excluding hydrogens is 312 g/mol. The van der Waals surface area contributed by atoms with Gasteiger partial charge in [0, 0.05) is 38.8 Å². The van der Waals surface area contributed by atoms with E-state index in [1.807, 2.05) is 47.4 Å². The Kier molecular flexibility index (Phi) is 4.24. The Morgan fingerprint density at radius 3 is 2.36 bits per heavy atom. The number of piperazine rings is 1. The van der Waals surface area contributed by atoms with Gasteiger partial charge in [0.25, 0.3) is 5.91 Å². The van der Waals surface area contributed by atoms with Crippen molar-refractivity contribution >= 4 is 16.9 Å². The predicted molar refractivity (Wildman–Crippen MR) is 98.3 cm³/mol. The van der Waals surface area contributed by atoms with Crippen LogP contribution in [0.4, 0.5) is 0 Å². The lowest BCUT2D eigenvalue weighted by Crippen LogP contribution is -2.48. The number of hydrogen-bond acceptors (Lipinski definition) is 3. The summed E-state index contributed by atoms with van der Waals surface area (Å²) < 4.78 is 2.16. The molecule has 128 valence electrons. The van der Waals surface area contributed by atoms with Crippen molar-refractivity contribution in [2.75, 3.05) is 26.2 Å². The van der Waals surface area contributed by atoms with E-state index in [1.54, 1.807) is 0 Å². The van der Waals surface area contributed by atoms with E-state index in [4.69, 9.17) is 4.98 Å². The molecule has 3 aromatic rings. The van der Waals surface area contributed by atoms with Crippen molar-refractivity contribution < 1.29 is 4.79 Å². The van der Waals surface area contributed by atoms with Crippen LogP contribution in [0.2, 0.25) is 0 Å². The second-order valence-electron chi connectivity index (χ2n) is 6.51. The second kappa shape index (κ2) is 6.69. The molecule has 1 aromatic heterocycles. The highest BCUT2D eigenvalue weighted by Gasteiger charge is 2.23. The topological polar surface area (TPSA) is 41.4 Å². The molecule has 0 aliphatic carbocycles. The summed E-state index contributed by atoms with van der Waals surface area (Å²) in [5.74, 6) is 1.20. The summed E-state index contributed by atoms with van der Waals surface area (Å²) in [5, 5.41) is 0. The fraction of sp³-hybridized carbons (Fsp3) is 0.300. The van der Waals surface area contributed by atoms with E-state index in [0.29, 0.717) is 0 Å². The Bertz CT molecular complexity index is 879. The Hall–Kier alpha value is -2.66. The summed E-state index contributed by atoms with van der Waals surface area (Å²) in [6.07, 6.45) is 0. The number of amides is 1. The van der Waals surface area contributed by atoms with Crippen LogP contribution in [-0.4, -0.2) is 51.4 Å². The molecule has 0 atom stereocenters. The fourth-order valence-electron chi connectivity index (χ4n) is 3.41. The van der Waals surface area contributed by atoms with Gasteiger partial charge in [0.1, 0.15) is 5.82 Å². The van der Waals surface area contributed by atoms with Crippen LogP contribution in [0, 0.1) is 0 Å². The van der Waals surface area contributed by atoms with Gasteiger partial charge in [-0.25, -0.2) is 4.98 Å². The fourth-order valence-corrected chi connectivity index (χ4v) is 3.41. The normalized spacial score (nSPS) is 15.6. The van der Waals surface area contributed by atoms with Crippen LogP contribution in [0.3, 0.4) is 0 Å². The third kappa shape index (κ3) is 3.15. The number of rotatable bonds is 3. The molecule has 2 aromatic carbocycles. The first-order chi connectivity index (χ1) is 12.2. The molecule has 0 spiro atoms. The Labute approximate surface area is 147 Å². The summed E-state index contributed by atoms with van der Waals surface area (Å²) in [6, 6.07) is 17.7. The van der Waals surface area contributed by atoms with E-state index in [9.17, 15) is 4.79 Å². The van der Waals surface area contributed by atoms with Crippen molar-refractivity contribution in [2.45, 2.75) is 6.54 Å². The van der Waals surface area contributed by atoms with Gasteiger partial charge in [-0.3, -0.25) is 9.69 Å². The first-order valence-corrected chi connectivity index (χ1v) is 8.69. The van der Waals surface area contributed by atoms with Crippen molar-refractivity contribution in [2.24, 2.45) is 7.05 Å². The van der Waals surface area contributed by atoms with Crippen LogP contribution >= 0.6 is 0 Å². The number of para-hydroxylation sites is 2. The number of carbonyl (C=O) groups is 1. The average molecular weight is 334 g/mol. The molecule has 25 heavy (non-hydrogen) atoms. The highest BCUT2D eigenvalue weighted by atomic mass is 16.2. The first-order valence-electron chi connectivity index (χ1n) is 8.69. The van der Waals surface area contributed by atoms with Crippen molar-refractivity contribution in [3.8, 4) is 0 Å². The van der Waals surface area contributed by atoms with Crippen molar-refractivity contribution in [3.05, 3.63) is 66.0 Å². The van der Waals surface area contributed by atoms with E-state index in [1.165, 1.54) is 0 Å². The lowest BCUT2D eigenvalue weighted by atomic mass is 10.2. The summed E-state index contributed by atoms with van der Waals surface area (Å²) in [7, 11) is 2.07. The zero-order chi connectivity index (χ0) is 17.2. The molecule has 2 heterocycles. The number of aromatic nitrogens is 2. The van der Waals surface area contributed by atoms with Gasteiger partial charge in [-0.15, -0.1) is 0 Å². The molecule has 1 saturated heterocycles. The second-order valence-corrected chi connectivity index (χ2v) is 6.51. The van der Waals surface area contributed by atoms with Gasteiger partial charge in [-0.05, 0) is 24.3 Å². The number of imidazole rings is 1. The lowest BCUT2D eigenvalue weighted by Gasteiger charge is -2.34. The average Bonchev–Trinajstić information content (AvgIpc) is 2.98. The molecule has 1 aliphatic heterocycles. The van der Waals surface area contributed by atoms with E-state index >= 15 is 0 Å². The maximum atomic E-state index is 12.5. The molecule has 0 radical (unpaired) electrons. The van der Waals surface area contributed by atoms with Crippen molar-refractivity contribution in [1.82, 2.24) is 19.4 Å². The summed E-state index contributed by atoms with van der Waals surface area (Å²) in [6.45, 7) is 4.09. The van der Waals surface area contributed by atoms with Gasteiger partial charge >= 0.3 is 0 Å². The molecule has 1 amide bonds. The van der Waals surface area contributed by atoms with E-state index < -0.39 is 0 Å². The molecular formula is C20H22N4O. The largest absolute Gasteiger partial charge is 0.336 e. The smallest absolute Gasteiger partial charge is 0.253 e. The molecule has 5 heteroatoms. The van der Waals surface area contributed by atoms with Crippen LogP contribution in [0.1, 0.15) is 16.2 Å². The first kappa shape index (κ1) is 15.8. The molecule has 0 saturated carbocycles. The van der Waals surface area contributed by atoms with Crippen LogP contribution in [0.5, 0.6) is 0 Å². The zero-order valence-corrected chi connectivity index (χ0v) is 14.4. The van der Waals surface area contributed by atoms with E-state index in [2.05, 4.69) is 28.6 Å². The number of benzene rings is 2. The molecule has 1 fully saturated rings. The number of nitrogens with zero attached hydrogens (tertiary/aromatic N) is 4. The third-order valence-corrected chi connectivity index (χ3v) is 4.93. The SMILES string of the molecule is Cn1c(CN2CCN(C(=O)c3ccccc3)CC2)nc2ccccc21. The minimum Gasteiger partial charge on any atom is -0.336 e. The number of carbonyl (C=O) groups excluding carboxylic acids is 1. The van der Waals surface area contributed by atoms with Crippen LogP contribution < -0.4 is 0 Å². The van der Waals surface area contributed by atoms with E-state index in [-0.39, 0.29) is 5.91 Å². The maximum absolute atomic E-state index is 12.5.